The molecule has 0 saturated carbocycles. The van der Waals surface area contributed by atoms with Crippen LogP contribution in [0.1, 0.15) is 29.7 Å². The van der Waals surface area contributed by atoms with Crippen molar-refractivity contribution in [3.8, 4) is 0 Å². The van der Waals surface area contributed by atoms with E-state index in [1.165, 1.54) is 22.8 Å². The maximum absolute atomic E-state index is 13.8. The Kier molecular flexibility index (Phi) is 5.83. The zero-order chi connectivity index (χ0) is 20.6. The highest BCUT2D eigenvalue weighted by Gasteiger charge is 2.23. The van der Waals surface area contributed by atoms with Gasteiger partial charge in [0, 0.05) is 21.7 Å². The third kappa shape index (κ3) is 3.94. The fourth-order valence-corrected chi connectivity index (χ4v) is 4.31. The fourth-order valence-electron chi connectivity index (χ4n) is 2.71. The number of carbonyl (C=O) groups excluding carboxylic acids is 1. The van der Waals surface area contributed by atoms with Crippen LogP contribution in [0.3, 0.4) is 0 Å². The maximum atomic E-state index is 13.8. The van der Waals surface area contributed by atoms with E-state index in [4.69, 9.17) is 23.2 Å². The number of hydrogen-bond acceptors (Lipinski definition) is 3. The molecule has 5 nitrogen and oxygen atoms in total. The summed E-state index contributed by atoms with van der Waals surface area (Å²) < 4.78 is 28.9. The molecular formula is C18H12Cl2F2N2O3S. The van der Waals surface area contributed by atoms with Gasteiger partial charge < -0.3 is 9.67 Å². The fraction of sp³-hybridized carbons (Fsp3) is 0.167. The summed E-state index contributed by atoms with van der Waals surface area (Å²) in [4.78, 5) is 28.2. The minimum atomic E-state index is -1.19. The number of nitrogens with zero attached hydrogens (tertiary/aromatic N) is 2. The Bertz CT molecular complexity index is 1150. The van der Waals surface area contributed by atoms with Crippen LogP contribution < -0.4 is 4.80 Å². The zero-order valence-corrected chi connectivity index (χ0v) is 16.6. The van der Waals surface area contributed by atoms with Crippen LogP contribution in [0.25, 0.3) is 10.2 Å². The molecule has 10 heteroatoms. The normalized spacial score (nSPS) is 13.1. The number of fused-ring (bicyclic) bond motifs is 1. The highest BCUT2D eigenvalue weighted by atomic mass is 35.5. The first kappa shape index (κ1) is 20.4. The lowest BCUT2D eigenvalue weighted by Gasteiger charge is -2.13. The Morgan fingerprint density at radius 2 is 1.75 bits per heavy atom. The molecule has 1 unspecified atom stereocenters. The van der Waals surface area contributed by atoms with Crippen molar-refractivity contribution >= 4 is 56.6 Å². The molecule has 3 rings (SSSR count). The molecule has 1 aromatic heterocycles. The van der Waals surface area contributed by atoms with Crippen molar-refractivity contribution in [1.29, 1.82) is 0 Å². The quantitative estimate of drug-likeness (QED) is 0.610. The topological polar surface area (TPSA) is 71.7 Å². The highest BCUT2D eigenvalue weighted by molar-refractivity contribution is 7.16. The summed E-state index contributed by atoms with van der Waals surface area (Å²) in [5.74, 6) is -4.11. The summed E-state index contributed by atoms with van der Waals surface area (Å²) in [6.07, 6.45) is 0.143. The molecule has 0 bridgehead atoms. The van der Waals surface area contributed by atoms with Gasteiger partial charge in [-0.2, -0.15) is 4.99 Å². The summed E-state index contributed by atoms with van der Waals surface area (Å²) in [7, 11) is 0. The van der Waals surface area contributed by atoms with Gasteiger partial charge in [-0.25, -0.2) is 13.6 Å². The van der Waals surface area contributed by atoms with E-state index in [-0.39, 0.29) is 37.0 Å². The van der Waals surface area contributed by atoms with Crippen molar-refractivity contribution < 1.29 is 23.5 Å². The molecule has 0 fully saturated rings. The van der Waals surface area contributed by atoms with Gasteiger partial charge in [0.05, 0.1) is 10.2 Å². The third-order valence-electron chi connectivity index (χ3n) is 3.96. The SMILES string of the molecule is CCC(C(=O)O)n1c(=NC(=O)c2cc(Cl)cc(Cl)c2)sc2cc(F)c(F)cc21. The van der Waals surface area contributed by atoms with Crippen LogP contribution in [0.15, 0.2) is 35.3 Å². The van der Waals surface area contributed by atoms with Gasteiger partial charge >= 0.3 is 5.97 Å². The minimum Gasteiger partial charge on any atom is -0.480 e. The van der Waals surface area contributed by atoms with Crippen LogP contribution in [0.5, 0.6) is 0 Å². The second-order valence-electron chi connectivity index (χ2n) is 5.83. The number of hydrogen-bond donors (Lipinski definition) is 1. The lowest BCUT2D eigenvalue weighted by Crippen LogP contribution is -2.27. The number of halogens is 4. The van der Waals surface area contributed by atoms with Crippen LogP contribution in [0, 0.1) is 11.6 Å². The van der Waals surface area contributed by atoms with E-state index >= 15 is 0 Å². The standard InChI is InChI=1S/C18H12Cl2F2N2O3S/c1-2-13(17(26)27)24-14-6-11(21)12(22)7-15(14)28-18(24)23-16(25)8-3-9(19)5-10(20)4-8/h3-7,13H,2H2,1H3,(H,26,27). The summed E-state index contributed by atoms with van der Waals surface area (Å²) in [6, 6.07) is 4.90. The van der Waals surface area contributed by atoms with E-state index in [0.717, 1.165) is 23.5 Å². The van der Waals surface area contributed by atoms with E-state index < -0.39 is 29.6 Å². The summed E-state index contributed by atoms with van der Waals surface area (Å²) in [6.45, 7) is 1.62. The average molecular weight is 445 g/mol. The van der Waals surface area contributed by atoms with Crippen molar-refractivity contribution in [3.63, 3.8) is 0 Å². The summed E-state index contributed by atoms with van der Waals surface area (Å²) in [5, 5.41) is 10.00. The molecular weight excluding hydrogens is 433 g/mol. The Morgan fingerprint density at radius 1 is 1.14 bits per heavy atom. The minimum absolute atomic E-state index is 0.00431. The van der Waals surface area contributed by atoms with Crippen molar-refractivity contribution in [1.82, 2.24) is 4.57 Å². The van der Waals surface area contributed by atoms with Gasteiger partial charge in [0.1, 0.15) is 6.04 Å². The van der Waals surface area contributed by atoms with Gasteiger partial charge in [0.25, 0.3) is 5.91 Å². The molecule has 1 atom stereocenters. The van der Waals surface area contributed by atoms with E-state index in [0.29, 0.717) is 0 Å². The van der Waals surface area contributed by atoms with Crippen LogP contribution in [-0.4, -0.2) is 21.6 Å². The van der Waals surface area contributed by atoms with Gasteiger partial charge in [0.15, 0.2) is 16.4 Å². The molecule has 146 valence electrons. The second-order valence-corrected chi connectivity index (χ2v) is 7.71. The predicted molar refractivity (Wildman–Crippen MR) is 103 cm³/mol. The Labute approximate surface area is 171 Å². The summed E-state index contributed by atoms with van der Waals surface area (Å²) >= 11 is 12.7. The van der Waals surface area contributed by atoms with Crippen LogP contribution in [0.2, 0.25) is 10.0 Å². The van der Waals surface area contributed by atoms with E-state index in [1.807, 2.05) is 0 Å². The van der Waals surface area contributed by atoms with Crippen LogP contribution in [0.4, 0.5) is 8.78 Å². The van der Waals surface area contributed by atoms with Gasteiger partial charge in [-0.05, 0) is 30.7 Å². The largest absolute Gasteiger partial charge is 0.480 e. The number of thiazole rings is 1. The number of aliphatic carboxylic acids is 1. The molecule has 3 aromatic rings. The average Bonchev–Trinajstić information content (AvgIpc) is 2.92. The van der Waals surface area contributed by atoms with Gasteiger partial charge in [0.2, 0.25) is 0 Å². The first-order valence-electron chi connectivity index (χ1n) is 7.99. The maximum Gasteiger partial charge on any atom is 0.326 e. The summed E-state index contributed by atoms with van der Waals surface area (Å²) in [5.41, 5.74) is 0.232. The van der Waals surface area contributed by atoms with Crippen molar-refractivity contribution in [2.75, 3.05) is 0 Å². The molecule has 2 aromatic carbocycles. The Morgan fingerprint density at radius 3 is 2.32 bits per heavy atom. The van der Waals surface area contributed by atoms with Gasteiger partial charge in [-0.3, -0.25) is 4.79 Å². The molecule has 1 amide bonds. The molecule has 0 aliphatic carbocycles. The van der Waals surface area contributed by atoms with E-state index in [9.17, 15) is 23.5 Å². The molecule has 0 aliphatic rings. The molecule has 0 spiro atoms. The highest BCUT2D eigenvalue weighted by Crippen LogP contribution is 2.26. The third-order valence-corrected chi connectivity index (χ3v) is 5.41. The van der Waals surface area contributed by atoms with Gasteiger partial charge in [-0.15, -0.1) is 0 Å². The van der Waals surface area contributed by atoms with Crippen molar-refractivity contribution in [2.45, 2.75) is 19.4 Å². The Balaban J connectivity index is 2.28. The molecule has 28 heavy (non-hydrogen) atoms. The van der Waals surface area contributed by atoms with Gasteiger partial charge in [-0.1, -0.05) is 41.5 Å². The number of amides is 1. The first-order valence-corrected chi connectivity index (χ1v) is 9.56. The number of aromatic nitrogens is 1. The molecule has 0 radical (unpaired) electrons. The van der Waals surface area contributed by atoms with Crippen molar-refractivity contribution in [3.05, 3.63) is 62.4 Å². The van der Waals surface area contributed by atoms with Crippen molar-refractivity contribution in [2.24, 2.45) is 4.99 Å². The molecule has 0 saturated heterocycles. The molecule has 1 N–H and O–H groups in total. The van der Waals surface area contributed by atoms with E-state index in [2.05, 4.69) is 4.99 Å². The molecule has 0 aliphatic heterocycles. The number of carbonyl (C=O) groups is 2. The monoisotopic (exact) mass is 444 g/mol. The first-order chi connectivity index (χ1) is 13.2. The second kappa shape index (κ2) is 7.98. The smallest absolute Gasteiger partial charge is 0.326 e. The number of carboxylic acid groups (broad SMARTS) is 1. The van der Waals surface area contributed by atoms with Crippen LogP contribution in [-0.2, 0) is 4.79 Å². The zero-order valence-electron chi connectivity index (χ0n) is 14.2. The number of benzene rings is 2. The number of carboxylic acids is 1. The lowest BCUT2D eigenvalue weighted by atomic mass is 10.2. The Hall–Kier alpha value is -2.29. The van der Waals surface area contributed by atoms with E-state index in [1.54, 1.807) is 6.92 Å². The lowest BCUT2D eigenvalue weighted by molar-refractivity contribution is -0.140. The predicted octanol–water partition coefficient (Wildman–Crippen LogP) is 5.06. The molecule has 1 heterocycles. The van der Waals surface area contributed by atoms with Crippen LogP contribution >= 0.6 is 34.5 Å². The number of rotatable bonds is 4.